The molecule has 2 aromatic rings. The van der Waals surface area contributed by atoms with Crippen LogP contribution in [0, 0.1) is 0 Å². The standard InChI is InChI=1S/C21H29N7O3S/c1-3-23-13-10-28-20(31-11-13)17(9-24-28)32(22,30)27-21(29)26-19-14-5-4-6-16(14)25-18-12(2)7-8-15(18)19/h9,12-13,23H,3-8,10-11H2,1-2H3,(H3,22,25,26,27,29,30). The number of carbonyl (C=O) groups excluding carboxylic acids is 1. The van der Waals surface area contributed by atoms with Gasteiger partial charge in [-0.15, -0.1) is 4.36 Å². The summed E-state index contributed by atoms with van der Waals surface area (Å²) in [7, 11) is -3.53. The number of nitrogens with zero attached hydrogens (tertiary/aromatic N) is 4. The summed E-state index contributed by atoms with van der Waals surface area (Å²) in [6.45, 7) is 5.96. The maximum Gasteiger partial charge on any atom is 0.354 e. The van der Waals surface area contributed by atoms with Gasteiger partial charge in [-0.1, -0.05) is 13.8 Å². The van der Waals surface area contributed by atoms with Crippen LogP contribution in [0.5, 0.6) is 5.88 Å². The molecule has 0 radical (unpaired) electrons. The summed E-state index contributed by atoms with van der Waals surface area (Å²) in [5.41, 5.74) is 5.05. The largest absolute Gasteiger partial charge is 0.475 e. The molecule has 0 saturated carbocycles. The Kier molecular flexibility index (Phi) is 5.42. The van der Waals surface area contributed by atoms with Gasteiger partial charge in [0.1, 0.15) is 11.5 Å². The van der Waals surface area contributed by atoms with E-state index in [9.17, 15) is 9.00 Å². The molecule has 11 heteroatoms. The number of aryl methyl sites for hydroxylation is 1. The smallest absolute Gasteiger partial charge is 0.354 e. The fourth-order valence-electron chi connectivity index (χ4n) is 4.94. The average molecular weight is 460 g/mol. The topological polar surface area (TPSA) is 137 Å². The van der Waals surface area contributed by atoms with Crippen LogP contribution >= 0.6 is 0 Å². The van der Waals surface area contributed by atoms with Gasteiger partial charge >= 0.3 is 6.03 Å². The maximum absolute atomic E-state index is 13.2. The zero-order valence-corrected chi connectivity index (χ0v) is 19.2. The second-order valence-corrected chi connectivity index (χ2v) is 10.5. The van der Waals surface area contributed by atoms with Crippen molar-refractivity contribution in [1.82, 2.24) is 20.1 Å². The van der Waals surface area contributed by atoms with E-state index in [4.69, 9.17) is 14.9 Å². The second-order valence-electron chi connectivity index (χ2n) is 8.72. The molecule has 172 valence electrons. The lowest BCUT2D eigenvalue weighted by atomic mass is 10.0. The van der Waals surface area contributed by atoms with Crippen LogP contribution < -0.4 is 20.5 Å². The number of carbonyl (C=O) groups is 1. The minimum absolute atomic E-state index is 0.104. The van der Waals surface area contributed by atoms with Crippen LogP contribution in [0.2, 0.25) is 0 Å². The summed E-state index contributed by atoms with van der Waals surface area (Å²) in [5.74, 6) is 0.673. The average Bonchev–Trinajstić information content (AvgIpc) is 3.46. The SMILES string of the molecule is CCNC1COc2c(S(N)(=O)=NC(=O)Nc3c4c(nc5c3CCC5C)CCC4)cnn2C1. The first-order chi connectivity index (χ1) is 15.4. The molecule has 5 rings (SSSR count). The first kappa shape index (κ1) is 21.4. The Labute approximate surface area is 187 Å². The molecule has 2 aliphatic carbocycles. The monoisotopic (exact) mass is 459 g/mol. The Balaban J connectivity index is 1.43. The number of aromatic nitrogens is 3. The Bertz CT molecular complexity index is 1200. The minimum atomic E-state index is -3.53. The number of rotatable bonds is 4. The van der Waals surface area contributed by atoms with Crippen molar-refractivity contribution in [3.05, 3.63) is 28.7 Å². The number of pyridine rings is 1. The molecule has 0 spiro atoms. The van der Waals surface area contributed by atoms with Crippen LogP contribution in [0.1, 0.15) is 55.1 Å². The molecule has 10 nitrogen and oxygen atoms in total. The predicted octanol–water partition coefficient (Wildman–Crippen LogP) is 2.12. The lowest BCUT2D eigenvalue weighted by Crippen LogP contribution is -2.42. The van der Waals surface area contributed by atoms with Gasteiger partial charge in [-0.05, 0) is 55.7 Å². The Hall–Kier alpha value is -2.50. The van der Waals surface area contributed by atoms with Crippen molar-refractivity contribution in [1.29, 1.82) is 0 Å². The highest BCUT2D eigenvalue weighted by molar-refractivity contribution is 7.91. The van der Waals surface area contributed by atoms with Gasteiger partial charge in [0.2, 0.25) is 5.88 Å². The van der Waals surface area contributed by atoms with Crippen LogP contribution in [0.25, 0.3) is 0 Å². The summed E-state index contributed by atoms with van der Waals surface area (Å²) >= 11 is 0. The summed E-state index contributed by atoms with van der Waals surface area (Å²) in [4.78, 5) is 17.9. The first-order valence-electron chi connectivity index (χ1n) is 11.2. The number of likely N-dealkylation sites (N-methyl/N-ethyl adjacent to an activating group) is 1. The highest BCUT2D eigenvalue weighted by atomic mass is 32.2. The van der Waals surface area contributed by atoms with Crippen LogP contribution in [0.3, 0.4) is 0 Å². The van der Waals surface area contributed by atoms with Crippen LogP contribution in [0.4, 0.5) is 10.5 Å². The third-order valence-corrected chi connectivity index (χ3v) is 7.83. The lowest BCUT2D eigenvalue weighted by molar-refractivity contribution is 0.180. The number of nitrogens with two attached hydrogens (primary N) is 1. The lowest BCUT2D eigenvalue weighted by Gasteiger charge is -2.25. The number of hydrogen-bond acceptors (Lipinski definition) is 6. The summed E-state index contributed by atoms with van der Waals surface area (Å²) in [6, 6.07) is -0.617. The highest BCUT2D eigenvalue weighted by Crippen LogP contribution is 2.41. The normalized spacial score (nSPS) is 23.0. The summed E-state index contributed by atoms with van der Waals surface area (Å²) < 4.78 is 24.5. The molecule has 0 saturated heterocycles. The van der Waals surface area contributed by atoms with Gasteiger partial charge in [-0.2, -0.15) is 5.10 Å². The third-order valence-electron chi connectivity index (χ3n) is 6.48. The van der Waals surface area contributed by atoms with Gasteiger partial charge in [-0.25, -0.2) is 18.8 Å². The Morgan fingerprint density at radius 2 is 2.22 bits per heavy atom. The van der Waals surface area contributed by atoms with Gasteiger partial charge in [0.05, 0.1) is 24.5 Å². The molecule has 0 aromatic carbocycles. The summed E-state index contributed by atoms with van der Waals surface area (Å²) in [6.07, 6.45) is 6.05. The molecule has 2 amide bonds. The van der Waals surface area contributed by atoms with Crippen molar-refractivity contribution in [3.63, 3.8) is 0 Å². The van der Waals surface area contributed by atoms with Gasteiger partial charge in [0, 0.05) is 11.4 Å². The molecule has 0 fully saturated rings. The van der Waals surface area contributed by atoms with E-state index in [0.717, 1.165) is 66.9 Å². The quantitative estimate of drug-likeness (QED) is 0.641. The Morgan fingerprint density at radius 3 is 3.03 bits per heavy atom. The van der Waals surface area contributed by atoms with E-state index in [1.54, 1.807) is 4.68 Å². The van der Waals surface area contributed by atoms with Gasteiger partial charge in [0.25, 0.3) is 0 Å². The van der Waals surface area contributed by atoms with E-state index >= 15 is 0 Å². The van der Waals surface area contributed by atoms with E-state index in [0.29, 0.717) is 24.9 Å². The Morgan fingerprint density at radius 1 is 1.38 bits per heavy atom. The molecule has 3 aliphatic rings. The molecule has 2 aromatic heterocycles. The zero-order chi connectivity index (χ0) is 22.5. The predicted molar refractivity (Wildman–Crippen MR) is 120 cm³/mol. The molecule has 3 atom stereocenters. The van der Waals surface area contributed by atoms with E-state index in [-0.39, 0.29) is 10.9 Å². The molecule has 3 heterocycles. The third kappa shape index (κ3) is 3.67. The van der Waals surface area contributed by atoms with E-state index in [2.05, 4.69) is 27.0 Å². The van der Waals surface area contributed by atoms with Crippen LogP contribution in [-0.4, -0.2) is 44.2 Å². The van der Waals surface area contributed by atoms with Crippen molar-refractivity contribution in [2.45, 2.75) is 69.4 Å². The molecular formula is C21H29N7O3S. The number of amides is 2. The zero-order valence-electron chi connectivity index (χ0n) is 18.4. The van der Waals surface area contributed by atoms with Crippen LogP contribution in [0.15, 0.2) is 15.5 Å². The molecule has 3 unspecified atom stereocenters. The van der Waals surface area contributed by atoms with Crippen molar-refractivity contribution in [2.24, 2.45) is 9.50 Å². The minimum Gasteiger partial charge on any atom is -0.475 e. The molecular weight excluding hydrogens is 430 g/mol. The molecule has 0 bridgehead atoms. The number of urea groups is 1. The van der Waals surface area contributed by atoms with Crippen molar-refractivity contribution in [2.75, 3.05) is 18.5 Å². The maximum atomic E-state index is 13.2. The van der Waals surface area contributed by atoms with Crippen molar-refractivity contribution in [3.8, 4) is 5.88 Å². The van der Waals surface area contributed by atoms with E-state index in [1.165, 1.54) is 6.20 Å². The van der Waals surface area contributed by atoms with E-state index < -0.39 is 15.9 Å². The van der Waals surface area contributed by atoms with Crippen LogP contribution in [-0.2, 0) is 35.7 Å². The number of ether oxygens (including phenoxy) is 1. The highest BCUT2D eigenvalue weighted by Gasteiger charge is 2.31. The fourth-order valence-corrected chi connectivity index (χ4v) is 5.94. The van der Waals surface area contributed by atoms with Gasteiger partial charge < -0.3 is 15.4 Å². The van der Waals surface area contributed by atoms with Gasteiger partial charge in [0.15, 0.2) is 9.92 Å². The van der Waals surface area contributed by atoms with Gasteiger partial charge in [-0.3, -0.25) is 4.98 Å². The van der Waals surface area contributed by atoms with Crippen molar-refractivity contribution < 1.29 is 13.7 Å². The number of hydrogen-bond donors (Lipinski definition) is 3. The number of fused-ring (bicyclic) bond motifs is 3. The fraction of sp³-hybridized carbons (Fsp3) is 0.571. The number of nitrogens with one attached hydrogen (secondary N) is 2. The van der Waals surface area contributed by atoms with Crippen molar-refractivity contribution >= 4 is 21.6 Å². The molecule has 4 N–H and O–H groups in total. The first-order valence-corrected chi connectivity index (χ1v) is 12.8. The number of anilines is 1. The molecule has 32 heavy (non-hydrogen) atoms. The molecule has 1 aliphatic heterocycles. The summed E-state index contributed by atoms with van der Waals surface area (Å²) in [5, 5.41) is 16.5. The second kappa shape index (κ2) is 8.13. The van der Waals surface area contributed by atoms with E-state index in [1.807, 2.05) is 6.92 Å².